The first-order chi connectivity index (χ1) is 10.3. The third-order valence-corrected chi connectivity index (χ3v) is 4.09. The largest absolute Gasteiger partial charge is 0.354 e. The summed E-state index contributed by atoms with van der Waals surface area (Å²) >= 11 is 1.65. The number of benzene rings is 1. The minimum atomic E-state index is 0.692. The van der Waals surface area contributed by atoms with Crippen LogP contribution in [-0.4, -0.2) is 23.1 Å². The van der Waals surface area contributed by atoms with Crippen LogP contribution in [0.25, 0.3) is 10.2 Å². The molecule has 0 amide bonds. The highest BCUT2D eigenvalue weighted by Crippen LogP contribution is 2.33. The minimum absolute atomic E-state index is 0.692. The predicted octanol–water partition coefficient (Wildman–Crippen LogP) is 4.28. The lowest BCUT2D eigenvalue weighted by atomic mass is 10.2. The van der Waals surface area contributed by atoms with Gasteiger partial charge in [-0.15, -0.1) is 11.3 Å². The van der Waals surface area contributed by atoms with Gasteiger partial charge in [-0.2, -0.15) is 4.98 Å². The molecular formula is C16H18N4S. The molecule has 0 aliphatic carbocycles. The van der Waals surface area contributed by atoms with Crippen LogP contribution in [0.15, 0.2) is 41.8 Å². The van der Waals surface area contributed by atoms with Crippen molar-refractivity contribution in [2.24, 2.45) is 0 Å². The van der Waals surface area contributed by atoms with Crippen molar-refractivity contribution in [3.05, 3.63) is 41.8 Å². The zero-order valence-corrected chi connectivity index (χ0v) is 13.0. The average Bonchev–Trinajstić information content (AvgIpc) is 2.98. The number of nitrogens with one attached hydrogen (secondary N) is 1. The molecule has 0 atom stereocenters. The number of nitrogens with zero attached hydrogens (tertiary/aromatic N) is 3. The molecule has 1 aromatic carbocycles. The molecule has 4 nitrogen and oxygen atoms in total. The van der Waals surface area contributed by atoms with E-state index >= 15 is 0 Å². The van der Waals surface area contributed by atoms with Crippen molar-refractivity contribution >= 4 is 39.0 Å². The maximum absolute atomic E-state index is 4.72. The van der Waals surface area contributed by atoms with Crippen molar-refractivity contribution in [2.75, 3.05) is 23.3 Å². The summed E-state index contributed by atoms with van der Waals surface area (Å²) in [6.07, 6.45) is 0. The second-order valence-corrected chi connectivity index (χ2v) is 5.51. The highest BCUT2D eigenvalue weighted by Gasteiger charge is 2.15. The van der Waals surface area contributed by atoms with Crippen molar-refractivity contribution in [2.45, 2.75) is 13.8 Å². The fourth-order valence-electron chi connectivity index (χ4n) is 2.35. The second-order valence-electron chi connectivity index (χ2n) is 4.62. The van der Waals surface area contributed by atoms with Crippen LogP contribution in [0.2, 0.25) is 0 Å². The van der Waals surface area contributed by atoms with Gasteiger partial charge in [0, 0.05) is 18.8 Å². The molecule has 0 radical (unpaired) electrons. The van der Waals surface area contributed by atoms with Gasteiger partial charge < -0.3 is 10.2 Å². The van der Waals surface area contributed by atoms with Crippen LogP contribution in [0.5, 0.6) is 0 Å². The Balaban J connectivity index is 2.14. The molecule has 2 aromatic heterocycles. The van der Waals surface area contributed by atoms with Gasteiger partial charge in [0.25, 0.3) is 0 Å². The quantitative estimate of drug-likeness (QED) is 0.763. The maximum Gasteiger partial charge on any atom is 0.226 e. The van der Waals surface area contributed by atoms with E-state index in [0.717, 1.165) is 34.8 Å². The Morgan fingerprint density at radius 2 is 1.90 bits per heavy atom. The van der Waals surface area contributed by atoms with Gasteiger partial charge in [0.1, 0.15) is 10.6 Å². The van der Waals surface area contributed by atoms with E-state index in [0.29, 0.717) is 5.95 Å². The van der Waals surface area contributed by atoms with Gasteiger partial charge in [-0.25, -0.2) is 4.98 Å². The van der Waals surface area contributed by atoms with E-state index in [1.165, 1.54) is 0 Å². The molecule has 0 aliphatic heterocycles. The van der Waals surface area contributed by atoms with Crippen LogP contribution in [-0.2, 0) is 0 Å². The van der Waals surface area contributed by atoms with Crippen LogP contribution in [0.3, 0.4) is 0 Å². The molecule has 0 aliphatic rings. The molecule has 0 fully saturated rings. The van der Waals surface area contributed by atoms with Crippen molar-refractivity contribution in [3.8, 4) is 0 Å². The number of para-hydroxylation sites is 1. The number of rotatable bonds is 5. The lowest BCUT2D eigenvalue weighted by Gasteiger charge is -2.23. The maximum atomic E-state index is 4.72. The number of thiophene rings is 1. The standard InChI is InChI=1S/C16H18N4S/c1-3-17-16-18-14(13-10-11-21-15(13)19-16)20(4-2)12-8-6-5-7-9-12/h5-11H,3-4H2,1-2H3,(H,17,18,19). The fraction of sp³-hybridized carbons (Fsp3) is 0.250. The lowest BCUT2D eigenvalue weighted by molar-refractivity contribution is 0.986. The molecule has 5 heteroatoms. The molecule has 21 heavy (non-hydrogen) atoms. The topological polar surface area (TPSA) is 41.1 Å². The van der Waals surface area contributed by atoms with E-state index in [9.17, 15) is 0 Å². The summed E-state index contributed by atoms with van der Waals surface area (Å²) in [5.41, 5.74) is 1.15. The third-order valence-electron chi connectivity index (χ3n) is 3.28. The molecule has 0 unspecified atom stereocenters. The van der Waals surface area contributed by atoms with E-state index in [4.69, 9.17) is 4.98 Å². The van der Waals surface area contributed by atoms with E-state index in [2.05, 4.69) is 64.8 Å². The molecule has 2 heterocycles. The van der Waals surface area contributed by atoms with Crippen LogP contribution in [0.1, 0.15) is 13.8 Å². The zero-order valence-electron chi connectivity index (χ0n) is 12.2. The van der Waals surface area contributed by atoms with Crippen LogP contribution in [0.4, 0.5) is 17.5 Å². The van der Waals surface area contributed by atoms with E-state index < -0.39 is 0 Å². The Bertz CT molecular complexity index is 723. The van der Waals surface area contributed by atoms with Crippen LogP contribution in [0, 0.1) is 0 Å². The van der Waals surface area contributed by atoms with Gasteiger partial charge in [0.15, 0.2) is 0 Å². The smallest absolute Gasteiger partial charge is 0.226 e. The normalized spacial score (nSPS) is 10.8. The first-order valence-electron chi connectivity index (χ1n) is 7.15. The van der Waals surface area contributed by atoms with Crippen molar-refractivity contribution in [3.63, 3.8) is 0 Å². The molecule has 0 saturated carbocycles. The number of hydrogen-bond donors (Lipinski definition) is 1. The predicted molar refractivity (Wildman–Crippen MR) is 90.7 cm³/mol. The van der Waals surface area contributed by atoms with Gasteiger partial charge in [0.2, 0.25) is 5.95 Å². The van der Waals surface area contributed by atoms with Gasteiger partial charge in [-0.05, 0) is 37.4 Å². The minimum Gasteiger partial charge on any atom is -0.354 e. The second kappa shape index (κ2) is 6.10. The van der Waals surface area contributed by atoms with Gasteiger partial charge in [-0.1, -0.05) is 18.2 Å². The highest BCUT2D eigenvalue weighted by atomic mass is 32.1. The monoisotopic (exact) mass is 298 g/mol. The number of aromatic nitrogens is 2. The molecule has 1 N–H and O–H groups in total. The van der Waals surface area contributed by atoms with Gasteiger partial charge in [-0.3, -0.25) is 0 Å². The van der Waals surface area contributed by atoms with Crippen LogP contribution >= 0.6 is 11.3 Å². The molecule has 0 bridgehead atoms. The summed E-state index contributed by atoms with van der Waals surface area (Å²) < 4.78 is 0. The average molecular weight is 298 g/mol. The summed E-state index contributed by atoms with van der Waals surface area (Å²) in [7, 11) is 0. The molecule has 3 aromatic rings. The molecular weight excluding hydrogens is 280 g/mol. The van der Waals surface area contributed by atoms with Crippen molar-refractivity contribution in [1.82, 2.24) is 9.97 Å². The Hall–Kier alpha value is -2.14. The van der Waals surface area contributed by atoms with Gasteiger partial charge >= 0.3 is 0 Å². The zero-order chi connectivity index (χ0) is 14.7. The SMILES string of the molecule is CCNc1nc(N(CC)c2ccccc2)c2ccsc2n1. The lowest BCUT2D eigenvalue weighted by Crippen LogP contribution is -2.18. The number of hydrogen-bond acceptors (Lipinski definition) is 5. The van der Waals surface area contributed by atoms with E-state index in [-0.39, 0.29) is 0 Å². The molecule has 0 spiro atoms. The number of fused-ring (bicyclic) bond motifs is 1. The summed E-state index contributed by atoms with van der Waals surface area (Å²) in [6, 6.07) is 12.4. The van der Waals surface area contributed by atoms with Crippen LogP contribution < -0.4 is 10.2 Å². The Labute approximate surface area is 128 Å². The Morgan fingerprint density at radius 1 is 1.10 bits per heavy atom. The Kier molecular flexibility index (Phi) is 4.01. The number of anilines is 3. The van der Waals surface area contributed by atoms with Gasteiger partial charge in [0.05, 0.1) is 5.39 Å². The van der Waals surface area contributed by atoms with Crippen molar-refractivity contribution in [1.29, 1.82) is 0 Å². The van der Waals surface area contributed by atoms with Crippen molar-refractivity contribution < 1.29 is 0 Å². The first-order valence-corrected chi connectivity index (χ1v) is 8.03. The summed E-state index contributed by atoms with van der Waals surface area (Å²) in [5, 5.41) is 6.39. The fourth-order valence-corrected chi connectivity index (χ4v) is 3.10. The van der Waals surface area contributed by atoms with E-state index in [1.54, 1.807) is 11.3 Å². The Morgan fingerprint density at radius 3 is 2.62 bits per heavy atom. The molecule has 3 rings (SSSR count). The molecule has 0 saturated heterocycles. The summed E-state index contributed by atoms with van der Waals surface area (Å²) in [5.74, 6) is 1.66. The van der Waals surface area contributed by atoms with E-state index in [1.807, 2.05) is 6.07 Å². The first kappa shape index (κ1) is 13.8. The summed E-state index contributed by atoms with van der Waals surface area (Å²) in [6.45, 7) is 5.86. The third kappa shape index (κ3) is 2.69. The summed E-state index contributed by atoms with van der Waals surface area (Å²) in [4.78, 5) is 12.5. The highest BCUT2D eigenvalue weighted by molar-refractivity contribution is 7.16. The molecule has 108 valence electrons.